The van der Waals surface area contributed by atoms with Gasteiger partial charge in [0.05, 0.1) is 6.61 Å². The highest BCUT2D eigenvalue weighted by molar-refractivity contribution is 5.62. The number of hydrogen-bond acceptors (Lipinski definition) is 3. The Balaban J connectivity index is 2.33. The molecule has 0 bridgehead atoms. The minimum atomic E-state index is -0.449. The molecular weight excluding hydrogens is 166 g/mol. The van der Waals surface area contributed by atoms with Gasteiger partial charge in [0.1, 0.15) is 5.60 Å². The van der Waals surface area contributed by atoms with Crippen molar-refractivity contribution in [3.05, 3.63) is 0 Å². The van der Waals surface area contributed by atoms with E-state index >= 15 is 0 Å². The van der Waals surface area contributed by atoms with Gasteiger partial charge in [0, 0.05) is 6.54 Å². The highest BCUT2D eigenvalue weighted by atomic mass is 16.5. The van der Waals surface area contributed by atoms with E-state index in [0.717, 1.165) is 38.5 Å². The molecule has 1 aliphatic rings. The quantitative estimate of drug-likeness (QED) is 0.515. The fraction of sp³-hybridized carbons (Fsp3) is 0.900. The van der Waals surface area contributed by atoms with Crippen molar-refractivity contribution < 1.29 is 9.53 Å². The summed E-state index contributed by atoms with van der Waals surface area (Å²) < 4.78 is 5.63. The zero-order valence-corrected chi connectivity index (χ0v) is 8.34. The molecule has 0 heterocycles. The van der Waals surface area contributed by atoms with Crippen LogP contribution in [0.3, 0.4) is 0 Å². The Morgan fingerprint density at radius 1 is 1.38 bits per heavy atom. The van der Waals surface area contributed by atoms with E-state index in [-0.39, 0.29) is 0 Å². The molecule has 0 radical (unpaired) electrons. The summed E-state index contributed by atoms with van der Waals surface area (Å²) in [7, 11) is 1.89. The molecule has 1 aliphatic carbocycles. The van der Waals surface area contributed by atoms with Gasteiger partial charge in [0.2, 0.25) is 0 Å². The van der Waals surface area contributed by atoms with Crippen LogP contribution >= 0.6 is 0 Å². The summed E-state index contributed by atoms with van der Waals surface area (Å²) in [5.74, 6) is 0. The molecule has 76 valence electrons. The first-order valence-corrected chi connectivity index (χ1v) is 5.08. The van der Waals surface area contributed by atoms with E-state index < -0.39 is 5.60 Å². The molecule has 0 aliphatic heterocycles. The molecule has 0 aromatic carbocycles. The van der Waals surface area contributed by atoms with Crippen molar-refractivity contribution >= 4 is 6.29 Å². The van der Waals surface area contributed by atoms with Gasteiger partial charge < -0.3 is 14.8 Å². The number of ether oxygens (including phenoxy) is 1. The third-order valence-electron chi connectivity index (χ3n) is 2.66. The lowest BCUT2D eigenvalue weighted by atomic mass is 9.86. The first kappa shape index (κ1) is 10.7. The predicted octanol–water partition coefficient (Wildman–Crippen LogP) is 1.12. The van der Waals surface area contributed by atoms with Crippen LogP contribution in [0.25, 0.3) is 0 Å². The molecule has 0 saturated heterocycles. The van der Waals surface area contributed by atoms with Crippen LogP contribution in [-0.2, 0) is 9.53 Å². The molecule has 3 heteroatoms. The van der Waals surface area contributed by atoms with E-state index in [2.05, 4.69) is 5.32 Å². The van der Waals surface area contributed by atoms with Crippen LogP contribution in [0, 0.1) is 0 Å². The van der Waals surface area contributed by atoms with E-state index in [1.54, 1.807) is 0 Å². The van der Waals surface area contributed by atoms with Crippen molar-refractivity contribution in [3.63, 3.8) is 0 Å². The molecule has 3 nitrogen and oxygen atoms in total. The Morgan fingerprint density at radius 3 is 2.62 bits per heavy atom. The number of aldehydes is 1. The molecule has 0 atom stereocenters. The average Bonchev–Trinajstić information content (AvgIpc) is 2.20. The van der Waals surface area contributed by atoms with Crippen LogP contribution in [0.5, 0.6) is 0 Å². The van der Waals surface area contributed by atoms with E-state index in [1.165, 1.54) is 6.42 Å². The molecule has 13 heavy (non-hydrogen) atoms. The van der Waals surface area contributed by atoms with Crippen LogP contribution < -0.4 is 5.32 Å². The minimum Gasteiger partial charge on any atom is -0.366 e. The van der Waals surface area contributed by atoms with E-state index in [4.69, 9.17) is 4.74 Å². The van der Waals surface area contributed by atoms with Crippen molar-refractivity contribution in [1.82, 2.24) is 5.32 Å². The predicted molar refractivity (Wildman–Crippen MR) is 51.8 cm³/mol. The number of likely N-dealkylation sites (N-methyl/N-ethyl adjacent to an activating group) is 1. The minimum absolute atomic E-state index is 0.449. The summed E-state index contributed by atoms with van der Waals surface area (Å²) in [6, 6.07) is 0. The monoisotopic (exact) mass is 185 g/mol. The normalized spacial score (nSPS) is 21.3. The largest absolute Gasteiger partial charge is 0.366 e. The van der Waals surface area contributed by atoms with Crippen molar-refractivity contribution in [2.45, 2.75) is 37.7 Å². The smallest absolute Gasteiger partial charge is 0.151 e. The number of nitrogens with one attached hydrogen (secondary N) is 1. The third-order valence-corrected chi connectivity index (χ3v) is 2.66. The lowest BCUT2D eigenvalue weighted by Gasteiger charge is -2.31. The van der Waals surface area contributed by atoms with Crippen LogP contribution in [0.4, 0.5) is 0 Å². The summed E-state index contributed by atoms with van der Waals surface area (Å²) in [4.78, 5) is 10.9. The first-order valence-electron chi connectivity index (χ1n) is 5.08. The maximum absolute atomic E-state index is 10.9. The van der Waals surface area contributed by atoms with Crippen molar-refractivity contribution in [2.24, 2.45) is 0 Å². The van der Waals surface area contributed by atoms with Crippen LogP contribution in [0.15, 0.2) is 0 Å². The molecule has 1 rings (SSSR count). The van der Waals surface area contributed by atoms with Crippen molar-refractivity contribution in [3.8, 4) is 0 Å². The number of carbonyl (C=O) groups excluding carboxylic acids is 1. The molecule has 1 saturated carbocycles. The fourth-order valence-electron chi connectivity index (χ4n) is 1.80. The van der Waals surface area contributed by atoms with E-state index in [9.17, 15) is 4.79 Å². The Kier molecular flexibility index (Phi) is 4.39. The standard InChI is InChI=1S/C10H19NO2/c1-11-7-8-13-10(9-12)5-3-2-4-6-10/h9,11H,2-8H2,1H3. The molecule has 1 N–H and O–H groups in total. The van der Waals surface area contributed by atoms with Gasteiger partial charge >= 0.3 is 0 Å². The maximum atomic E-state index is 10.9. The molecule has 1 fully saturated rings. The fourth-order valence-corrected chi connectivity index (χ4v) is 1.80. The van der Waals surface area contributed by atoms with Crippen LogP contribution in [0.1, 0.15) is 32.1 Å². The van der Waals surface area contributed by atoms with Crippen LogP contribution in [0.2, 0.25) is 0 Å². The average molecular weight is 185 g/mol. The highest BCUT2D eigenvalue weighted by Gasteiger charge is 2.32. The lowest BCUT2D eigenvalue weighted by molar-refractivity contribution is -0.135. The summed E-state index contributed by atoms with van der Waals surface area (Å²) in [6.45, 7) is 1.45. The number of carbonyl (C=O) groups is 1. The van der Waals surface area contributed by atoms with Gasteiger partial charge in [-0.1, -0.05) is 19.3 Å². The molecule has 0 amide bonds. The Labute approximate surface area is 79.8 Å². The molecule has 0 aromatic heterocycles. The lowest BCUT2D eigenvalue weighted by Crippen LogP contribution is -2.38. The first-order chi connectivity index (χ1) is 6.33. The Hall–Kier alpha value is -0.410. The zero-order valence-electron chi connectivity index (χ0n) is 8.34. The van der Waals surface area contributed by atoms with Gasteiger partial charge in [0.25, 0.3) is 0 Å². The third kappa shape index (κ3) is 3.08. The molecular formula is C10H19NO2. The summed E-state index contributed by atoms with van der Waals surface area (Å²) >= 11 is 0. The second-order valence-electron chi connectivity index (χ2n) is 3.70. The maximum Gasteiger partial charge on any atom is 0.151 e. The van der Waals surface area contributed by atoms with Crippen molar-refractivity contribution in [1.29, 1.82) is 0 Å². The summed E-state index contributed by atoms with van der Waals surface area (Å²) in [6.07, 6.45) is 6.30. The van der Waals surface area contributed by atoms with Gasteiger partial charge in [0.15, 0.2) is 6.29 Å². The van der Waals surface area contributed by atoms with E-state index in [0.29, 0.717) is 6.61 Å². The van der Waals surface area contributed by atoms with Gasteiger partial charge in [-0.15, -0.1) is 0 Å². The van der Waals surface area contributed by atoms with E-state index in [1.807, 2.05) is 7.05 Å². The Bertz CT molecular complexity index is 153. The van der Waals surface area contributed by atoms with Gasteiger partial charge in [-0.3, -0.25) is 0 Å². The topological polar surface area (TPSA) is 38.3 Å². The van der Waals surface area contributed by atoms with Gasteiger partial charge in [-0.25, -0.2) is 0 Å². The number of hydrogen-bond donors (Lipinski definition) is 1. The molecule has 0 unspecified atom stereocenters. The summed E-state index contributed by atoms with van der Waals surface area (Å²) in [5.41, 5.74) is -0.449. The van der Waals surface area contributed by atoms with Crippen LogP contribution in [-0.4, -0.2) is 32.1 Å². The number of rotatable bonds is 5. The zero-order chi connectivity index (χ0) is 9.57. The Morgan fingerprint density at radius 2 is 2.08 bits per heavy atom. The highest BCUT2D eigenvalue weighted by Crippen LogP contribution is 2.29. The second kappa shape index (κ2) is 5.35. The van der Waals surface area contributed by atoms with Crippen molar-refractivity contribution in [2.75, 3.05) is 20.2 Å². The molecule has 0 spiro atoms. The SMILES string of the molecule is CNCCOC1(C=O)CCCCC1. The molecule has 0 aromatic rings. The van der Waals surface area contributed by atoms with Gasteiger partial charge in [-0.05, 0) is 19.9 Å². The second-order valence-corrected chi connectivity index (χ2v) is 3.70. The summed E-state index contributed by atoms with van der Waals surface area (Å²) in [5, 5.41) is 3.01. The van der Waals surface area contributed by atoms with Gasteiger partial charge in [-0.2, -0.15) is 0 Å².